The smallest absolute Gasteiger partial charge is 0.230 e. The quantitative estimate of drug-likeness (QED) is 0.736. The minimum absolute atomic E-state index is 0.289. The molecule has 0 spiro atoms. The molecule has 22 heavy (non-hydrogen) atoms. The third-order valence-corrected chi connectivity index (χ3v) is 3.87. The number of ether oxygens (including phenoxy) is 1. The molecule has 4 rings (SSSR count). The molecular weight excluding hydrogens is 280 g/mol. The van der Waals surface area contributed by atoms with Gasteiger partial charge in [0, 0.05) is 36.1 Å². The van der Waals surface area contributed by atoms with Crippen LogP contribution in [0.1, 0.15) is 29.7 Å². The van der Waals surface area contributed by atoms with Gasteiger partial charge in [-0.3, -0.25) is 4.98 Å². The molecule has 0 radical (unpaired) electrons. The first kappa shape index (κ1) is 12.9. The monoisotopic (exact) mass is 294 g/mol. The molecule has 0 amide bonds. The maximum atomic E-state index is 5.41. The molecule has 3 aromatic heterocycles. The summed E-state index contributed by atoms with van der Waals surface area (Å²) in [7, 11) is 1.58. The van der Waals surface area contributed by atoms with E-state index in [0.29, 0.717) is 23.5 Å². The lowest BCUT2D eigenvalue weighted by molar-refractivity contribution is 0.378. The summed E-state index contributed by atoms with van der Waals surface area (Å²) in [5.74, 6) is 2.51. The molecule has 6 heteroatoms. The lowest BCUT2D eigenvalue weighted by Crippen LogP contribution is -1.89. The lowest BCUT2D eigenvalue weighted by atomic mass is 10.1. The molecule has 3 aromatic rings. The predicted molar refractivity (Wildman–Crippen MR) is 78.4 cm³/mol. The SMILES string of the molecule is COc1ccc(-c2noc(C3CC3c3cccnc3)n2)cn1. The van der Waals surface area contributed by atoms with Gasteiger partial charge in [0.15, 0.2) is 0 Å². The number of hydrogen-bond donors (Lipinski definition) is 0. The first-order chi connectivity index (χ1) is 10.8. The topological polar surface area (TPSA) is 73.9 Å². The Hall–Kier alpha value is -2.76. The largest absolute Gasteiger partial charge is 0.481 e. The average molecular weight is 294 g/mol. The average Bonchev–Trinajstić information content (AvgIpc) is 3.24. The second-order valence-corrected chi connectivity index (χ2v) is 5.28. The molecule has 1 fully saturated rings. The van der Waals surface area contributed by atoms with E-state index in [4.69, 9.17) is 9.26 Å². The Balaban J connectivity index is 1.53. The highest BCUT2D eigenvalue weighted by molar-refractivity contribution is 5.53. The third-order valence-electron chi connectivity index (χ3n) is 3.87. The summed E-state index contributed by atoms with van der Waals surface area (Å²) in [5.41, 5.74) is 2.03. The van der Waals surface area contributed by atoms with Gasteiger partial charge in [-0.2, -0.15) is 4.98 Å². The molecule has 6 nitrogen and oxygen atoms in total. The second kappa shape index (κ2) is 5.22. The fourth-order valence-electron chi connectivity index (χ4n) is 2.57. The first-order valence-electron chi connectivity index (χ1n) is 7.09. The van der Waals surface area contributed by atoms with E-state index < -0.39 is 0 Å². The molecule has 1 aliphatic rings. The van der Waals surface area contributed by atoms with Crippen molar-refractivity contribution in [1.29, 1.82) is 0 Å². The van der Waals surface area contributed by atoms with Crippen LogP contribution in [-0.2, 0) is 0 Å². The van der Waals surface area contributed by atoms with Gasteiger partial charge < -0.3 is 9.26 Å². The van der Waals surface area contributed by atoms with Crippen LogP contribution in [0.4, 0.5) is 0 Å². The molecule has 0 N–H and O–H groups in total. The van der Waals surface area contributed by atoms with Gasteiger partial charge >= 0.3 is 0 Å². The first-order valence-corrected chi connectivity index (χ1v) is 7.09. The molecule has 1 saturated carbocycles. The van der Waals surface area contributed by atoms with E-state index in [2.05, 4.69) is 26.2 Å². The fraction of sp³-hybridized carbons (Fsp3) is 0.250. The van der Waals surface area contributed by atoms with Crippen LogP contribution in [0.15, 0.2) is 47.4 Å². The molecule has 0 aromatic carbocycles. The summed E-state index contributed by atoms with van der Waals surface area (Å²) in [5, 5.41) is 4.05. The standard InChI is InChI=1S/C16H14N4O2/c1-21-14-5-4-11(9-18-14)15-19-16(22-20-15)13-7-12(13)10-3-2-6-17-8-10/h2-6,8-9,12-13H,7H2,1H3. The van der Waals surface area contributed by atoms with Gasteiger partial charge in [0.05, 0.1) is 7.11 Å². The van der Waals surface area contributed by atoms with Gasteiger partial charge in [-0.15, -0.1) is 0 Å². The molecule has 2 unspecified atom stereocenters. The summed E-state index contributed by atoms with van der Waals surface area (Å²) < 4.78 is 10.5. The summed E-state index contributed by atoms with van der Waals surface area (Å²) in [6.07, 6.45) is 6.38. The molecule has 0 saturated heterocycles. The minimum Gasteiger partial charge on any atom is -0.481 e. The number of methoxy groups -OCH3 is 1. The van der Waals surface area contributed by atoms with Gasteiger partial charge in [0.25, 0.3) is 0 Å². The van der Waals surface area contributed by atoms with Crippen molar-refractivity contribution in [3.05, 3.63) is 54.3 Å². The number of hydrogen-bond acceptors (Lipinski definition) is 6. The van der Waals surface area contributed by atoms with Crippen LogP contribution in [0.5, 0.6) is 5.88 Å². The van der Waals surface area contributed by atoms with E-state index in [1.165, 1.54) is 5.56 Å². The van der Waals surface area contributed by atoms with Crippen LogP contribution in [0.3, 0.4) is 0 Å². The van der Waals surface area contributed by atoms with Crippen molar-refractivity contribution < 1.29 is 9.26 Å². The summed E-state index contributed by atoms with van der Waals surface area (Å²) in [6, 6.07) is 7.68. The van der Waals surface area contributed by atoms with Crippen LogP contribution < -0.4 is 4.74 Å². The zero-order valence-corrected chi connectivity index (χ0v) is 12.0. The van der Waals surface area contributed by atoms with Crippen molar-refractivity contribution in [2.75, 3.05) is 7.11 Å². The van der Waals surface area contributed by atoms with Crippen molar-refractivity contribution in [3.8, 4) is 17.3 Å². The molecule has 3 heterocycles. The molecule has 0 bridgehead atoms. The Kier molecular flexibility index (Phi) is 3.07. The van der Waals surface area contributed by atoms with Crippen molar-refractivity contribution in [2.24, 2.45) is 0 Å². The van der Waals surface area contributed by atoms with Crippen LogP contribution in [0.25, 0.3) is 11.4 Å². The van der Waals surface area contributed by atoms with Gasteiger partial charge in [0.1, 0.15) is 0 Å². The third kappa shape index (κ3) is 2.32. The predicted octanol–water partition coefficient (Wildman–Crippen LogP) is 2.81. The van der Waals surface area contributed by atoms with E-state index in [0.717, 1.165) is 12.0 Å². The number of pyridine rings is 2. The van der Waals surface area contributed by atoms with Gasteiger partial charge in [-0.1, -0.05) is 11.2 Å². The summed E-state index contributed by atoms with van der Waals surface area (Å²) >= 11 is 0. The zero-order valence-electron chi connectivity index (χ0n) is 12.0. The highest BCUT2D eigenvalue weighted by atomic mass is 16.5. The molecule has 0 aliphatic heterocycles. The van der Waals surface area contributed by atoms with Crippen LogP contribution in [-0.4, -0.2) is 27.2 Å². The summed E-state index contributed by atoms with van der Waals surface area (Å²) in [4.78, 5) is 12.8. The fourth-order valence-corrected chi connectivity index (χ4v) is 2.57. The highest BCUT2D eigenvalue weighted by Crippen LogP contribution is 2.54. The maximum absolute atomic E-state index is 5.41. The molecule has 2 atom stereocenters. The lowest BCUT2D eigenvalue weighted by Gasteiger charge is -1.97. The van der Waals surface area contributed by atoms with Crippen molar-refractivity contribution >= 4 is 0 Å². The zero-order chi connectivity index (χ0) is 14.9. The van der Waals surface area contributed by atoms with Crippen LogP contribution in [0, 0.1) is 0 Å². The van der Waals surface area contributed by atoms with Crippen molar-refractivity contribution in [1.82, 2.24) is 20.1 Å². The van der Waals surface area contributed by atoms with E-state index in [9.17, 15) is 0 Å². The Morgan fingerprint density at radius 3 is 2.86 bits per heavy atom. The Bertz CT molecular complexity index is 770. The Morgan fingerprint density at radius 1 is 1.18 bits per heavy atom. The normalized spacial score (nSPS) is 19.9. The number of aromatic nitrogens is 4. The minimum atomic E-state index is 0.289. The highest BCUT2D eigenvalue weighted by Gasteiger charge is 2.43. The van der Waals surface area contributed by atoms with Gasteiger partial charge in [0.2, 0.25) is 17.6 Å². The van der Waals surface area contributed by atoms with Gasteiger partial charge in [-0.05, 0) is 30.0 Å². The van der Waals surface area contributed by atoms with E-state index in [-0.39, 0.29) is 5.92 Å². The van der Waals surface area contributed by atoms with Crippen molar-refractivity contribution in [3.63, 3.8) is 0 Å². The molecule has 1 aliphatic carbocycles. The number of rotatable bonds is 4. The second-order valence-electron chi connectivity index (χ2n) is 5.28. The van der Waals surface area contributed by atoms with E-state index in [1.807, 2.05) is 18.3 Å². The van der Waals surface area contributed by atoms with Crippen LogP contribution >= 0.6 is 0 Å². The molecular formula is C16H14N4O2. The van der Waals surface area contributed by atoms with Gasteiger partial charge in [-0.25, -0.2) is 4.98 Å². The number of nitrogens with zero attached hydrogens (tertiary/aromatic N) is 4. The van der Waals surface area contributed by atoms with E-state index >= 15 is 0 Å². The van der Waals surface area contributed by atoms with E-state index in [1.54, 1.807) is 25.6 Å². The maximum Gasteiger partial charge on any atom is 0.230 e. The Labute approximate surface area is 127 Å². The van der Waals surface area contributed by atoms with Crippen molar-refractivity contribution in [2.45, 2.75) is 18.3 Å². The summed E-state index contributed by atoms with van der Waals surface area (Å²) in [6.45, 7) is 0. The molecule has 110 valence electrons. The van der Waals surface area contributed by atoms with Crippen LogP contribution in [0.2, 0.25) is 0 Å². The Morgan fingerprint density at radius 2 is 2.14 bits per heavy atom.